The van der Waals surface area contributed by atoms with E-state index in [-0.39, 0.29) is 5.92 Å². The lowest BCUT2D eigenvalue weighted by molar-refractivity contribution is -0.139. The van der Waals surface area contributed by atoms with Crippen molar-refractivity contribution in [2.75, 3.05) is 5.32 Å². The molecule has 0 aliphatic carbocycles. The molecule has 0 unspecified atom stereocenters. The number of furan rings is 1. The number of hydrogen-bond acceptors (Lipinski definition) is 5. The zero-order valence-electron chi connectivity index (χ0n) is 15.5. The lowest BCUT2D eigenvalue weighted by Gasteiger charge is -2.23. The molecule has 7 heteroatoms. The topological polar surface area (TPSA) is 88.3 Å². The number of aliphatic carboxylic acids is 1. The van der Waals surface area contributed by atoms with Gasteiger partial charge in [-0.1, -0.05) is 38.3 Å². The fraction of sp³-hybridized carbons (Fsp3) is 0.350. The molecule has 0 bridgehead atoms. The van der Waals surface area contributed by atoms with E-state index in [1.807, 2.05) is 32.9 Å². The second kappa shape index (κ2) is 7.96. The van der Waals surface area contributed by atoms with Crippen LogP contribution in [0, 0.1) is 12.8 Å². The highest BCUT2D eigenvalue weighted by atomic mass is 35.5. The SMILES string of the molecule is CCC(CC)[C@H](Nc1ncnc2oc(-c3ccc(Cl)cc3)c(C)c12)C(=O)O. The van der Waals surface area contributed by atoms with Crippen molar-refractivity contribution in [1.29, 1.82) is 0 Å². The maximum Gasteiger partial charge on any atom is 0.326 e. The summed E-state index contributed by atoms with van der Waals surface area (Å²) in [7, 11) is 0. The van der Waals surface area contributed by atoms with Crippen LogP contribution in [0.15, 0.2) is 35.0 Å². The highest BCUT2D eigenvalue weighted by molar-refractivity contribution is 6.30. The van der Waals surface area contributed by atoms with Crippen molar-refractivity contribution in [2.24, 2.45) is 5.92 Å². The smallest absolute Gasteiger partial charge is 0.326 e. The Morgan fingerprint density at radius 3 is 2.48 bits per heavy atom. The molecule has 0 aliphatic heterocycles. The monoisotopic (exact) mass is 387 g/mol. The quantitative estimate of drug-likeness (QED) is 0.582. The highest BCUT2D eigenvalue weighted by Crippen LogP contribution is 2.36. The third-order valence-corrected chi connectivity index (χ3v) is 5.16. The van der Waals surface area contributed by atoms with Crippen LogP contribution in [0.3, 0.4) is 0 Å². The summed E-state index contributed by atoms with van der Waals surface area (Å²) in [5.74, 6) is 0.241. The molecule has 1 atom stereocenters. The first-order valence-electron chi connectivity index (χ1n) is 8.95. The van der Waals surface area contributed by atoms with Crippen molar-refractivity contribution in [1.82, 2.24) is 9.97 Å². The zero-order chi connectivity index (χ0) is 19.6. The molecule has 0 fully saturated rings. The zero-order valence-corrected chi connectivity index (χ0v) is 16.2. The lowest BCUT2D eigenvalue weighted by Crippen LogP contribution is -2.36. The van der Waals surface area contributed by atoms with E-state index in [0.717, 1.165) is 24.0 Å². The number of hydrogen-bond donors (Lipinski definition) is 2. The summed E-state index contributed by atoms with van der Waals surface area (Å²) >= 11 is 5.97. The number of carboxylic acid groups (broad SMARTS) is 1. The predicted octanol–water partition coefficient (Wildman–Crippen LogP) is 5.15. The Bertz CT molecular complexity index is 949. The van der Waals surface area contributed by atoms with Crippen LogP contribution in [0.1, 0.15) is 32.3 Å². The van der Waals surface area contributed by atoms with Gasteiger partial charge in [0.15, 0.2) is 0 Å². The molecule has 3 rings (SSSR count). The molecule has 6 nitrogen and oxygen atoms in total. The maximum absolute atomic E-state index is 11.8. The third kappa shape index (κ3) is 3.76. The molecule has 142 valence electrons. The van der Waals surface area contributed by atoms with E-state index >= 15 is 0 Å². The molecule has 2 aromatic heterocycles. The Morgan fingerprint density at radius 2 is 1.89 bits per heavy atom. The number of aryl methyl sites for hydroxylation is 1. The number of nitrogens with zero attached hydrogens (tertiary/aromatic N) is 2. The lowest BCUT2D eigenvalue weighted by atomic mass is 9.94. The van der Waals surface area contributed by atoms with Crippen LogP contribution in [-0.4, -0.2) is 27.1 Å². The van der Waals surface area contributed by atoms with Crippen LogP contribution < -0.4 is 5.32 Å². The number of rotatable bonds is 7. The Morgan fingerprint density at radius 1 is 1.22 bits per heavy atom. The van der Waals surface area contributed by atoms with Crippen LogP contribution in [-0.2, 0) is 4.79 Å². The first-order chi connectivity index (χ1) is 13.0. The van der Waals surface area contributed by atoms with Gasteiger partial charge in [-0.05, 0) is 37.1 Å². The van der Waals surface area contributed by atoms with Gasteiger partial charge in [0, 0.05) is 16.1 Å². The molecule has 0 saturated heterocycles. The average Bonchev–Trinajstić information content (AvgIpc) is 3.00. The summed E-state index contributed by atoms with van der Waals surface area (Å²) in [6, 6.07) is 6.60. The van der Waals surface area contributed by atoms with Crippen molar-refractivity contribution in [3.05, 3.63) is 41.2 Å². The second-order valence-electron chi connectivity index (χ2n) is 6.50. The third-order valence-electron chi connectivity index (χ3n) is 4.91. The van der Waals surface area contributed by atoms with Gasteiger partial charge in [0.25, 0.3) is 0 Å². The van der Waals surface area contributed by atoms with Gasteiger partial charge in [0.05, 0.1) is 5.39 Å². The van der Waals surface area contributed by atoms with Gasteiger partial charge >= 0.3 is 5.97 Å². The van der Waals surface area contributed by atoms with Crippen molar-refractivity contribution in [3.63, 3.8) is 0 Å². The molecule has 2 heterocycles. The molecule has 3 aromatic rings. The van der Waals surface area contributed by atoms with Gasteiger partial charge in [0.2, 0.25) is 5.71 Å². The van der Waals surface area contributed by atoms with E-state index < -0.39 is 12.0 Å². The Kier molecular flexibility index (Phi) is 5.65. The Labute approximate surface area is 162 Å². The molecule has 27 heavy (non-hydrogen) atoms. The van der Waals surface area contributed by atoms with Crippen LogP contribution in [0.5, 0.6) is 0 Å². The minimum Gasteiger partial charge on any atom is -0.480 e. The standard InChI is InChI=1S/C20H22ClN3O3/c1-4-12(5-2)16(20(25)26)24-18-15-11(3)17(27-19(15)23-10-22-18)13-6-8-14(21)9-7-13/h6-10,12,16H,4-5H2,1-3H3,(H,25,26)(H,22,23,24)/t16-/m0/s1. The molecular formula is C20H22ClN3O3. The van der Waals surface area contributed by atoms with Gasteiger partial charge in [-0.3, -0.25) is 0 Å². The minimum absolute atomic E-state index is 0.00421. The maximum atomic E-state index is 11.8. The van der Waals surface area contributed by atoms with E-state index in [1.165, 1.54) is 6.33 Å². The number of anilines is 1. The Hall–Kier alpha value is -2.60. The summed E-state index contributed by atoms with van der Waals surface area (Å²) in [5, 5.41) is 14.1. The highest BCUT2D eigenvalue weighted by Gasteiger charge is 2.28. The van der Waals surface area contributed by atoms with Gasteiger partial charge in [0.1, 0.15) is 23.9 Å². The average molecular weight is 388 g/mol. The van der Waals surface area contributed by atoms with Crippen molar-refractivity contribution in [2.45, 2.75) is 39.7 Å². The molecule has 0 saturated carbocycles. The van der Waals surface area contributed by atoms with Crippen molar-refractivity contribution < 1.29 is 14.3 Å². The van der Waals surface area contributed by atoms with E-state index in [4.69, 9.17) is 16.0 Å². The fourth-order valence-corrected chi connectivity index (χ4v) is 3.47. The number of benzene rings is 1. The van der Waals surface area contributed by atoms with Crippen LogP contribution in [0.2, 0.25) is 5.02 Å². The first kappa shape index (κ1) is 19.2. The van der Waals surface area contributed by atoms with E-state index in [1.54, 1.807) is 12.1 Å². The molecular weight excluding hydrogens is 366 g/mol. The first-order valence-corrected chi connectivity index (χ1v) is 9.33. The van der Waals surface area contributed by atoms with Crippen LogP contribution >= 0.6 is 11.6 Å². The van der Waals surface area contributed by atoms with Gasteiger partial charge in [-0.25, -0.2) is 14.8 Å². The van der Waals surface area contributed by atoms with Crippen molar-refractivity contribution >= 4 is 34.5 Å². The predicted molar refractivity (Wildman–Crippen MR) is 106 cm³/mol. The molecule has 0 radical (unpaired) electrons. The Balaban J connectivity index is 2.06. The number of carbonyl (C=O) groups is 1. The molecule has 0 amide bonds. The summed E-state index contributed by atoms with van der Waals surface area (Å²) in [4.78, 5) is 20.3. The summed E-state index contributed by atoms with van der Waals surface area (Å²) < 4.78 is 5.94. The summed E-state index contributed by atoms with van der Waals surface area (Å²) in [6.45, 7) is 5.89. The summed E-state index contributed by atoms with van der Waals surface area (Å²) in [5.41, 5.74) is 2.14. The number of halogens is 1. The van der Waals surface area contributed by atoms with E-state index in [0.29, 0.717) is 27.7 Å². The van der Waals surface area contributed by atoms with Gasteiger partial charge < -0.3 is 14.8 Å². The fourth-order valence-electron chi connectivity index (χ4n) is 3.35. The van der Waals surface area contributed by atoms with E-state index in [2.05, 4.69) is 15.3 Å². The van der Waals surface area contributed by atoms with Crippen LogP contribution in [0.25, 0.3) is 22.4 Å². The summed E-state index contributed by atoms with van der Waals surface area (Å²) in [6.07, 6.45) is 2.90. The van der Waals surface area contributed by atoms with Gasteiger partial charge in [-0.2, -0.15) is 0 Å². The van der Waals surface area contributed by atoms with E-state index in [9.17, 15) is 9.90 Å². The largest absolute Gasteiger partial charge is 0.480 e. The molecule has 2 N–H and O–H groups in total. The number of carboxylic acids is 1. The molecule has 0 aliphatic rings. The van der Waals surface area contributed by atoms with Crippen LogP contribution in [0.4, 0.5) is 5.82 Å². The normalized spacial score (nSPS) is 12.5. The van der Waals surface area contributed by atoms with Crippen molar-refractivity contribution in [3.8, 4) is 11.3 Å². The number of nitrogens with one attached hydrogen (secondary N) is 1. The van der Waals surface area contributed by atoms with Gasteiger partial charge in [-0.15, -0.1) is 0 Å². The number of fused-ring (bicyclic) bond motifs is 1. The molecule has 1 aromatic carbocycles. The second-order valence-corrected chi connectivity index (χ2v) is 6.94. The molecule has 0 spiro atoms. The minimum atomic E-state index is -0.894. The number of aromatic nitrogens is 2.